The van der Waals surface area contributed by atoms with Gasteiger partial charge in [0.15, 0.2) is 17.3 Å². The molecule has 4 rings (SSSR count). The highest BCUT2D eigenvalue weighted by Gasteiger charge is 2.22. The number of aromatic nitrogens is 2. The van der Waals surface area contributed by atoms with E-state index in [9.17, 15) is 9.59 Å². The molecule has 8 nitrogen and oxygen atoms in total. The van der Waals surface area contributed by atoms with Crippen LogP contribution in [0.3, 0.4) is 0 Å². The minimum atomic E-state index is -0.421. The molecular formula is C25H26N4O4. The lowest BCUT2D eigenvalue weighted by molar-refractivity contribution is -0.132. The summed E-state index contributed by atoms with van der Waals surface area (Å²) in [6, 6.07) is 13.0. The van der Waals surface area contributed by atoms with Crippen molar-refractivity contribution >= 4 is 34.8 Å². The topological polar surface area (TPSA) is 84.9 Å². The van der Waals surface area contributed by atoms with Gasteiger partial charge in [-0.25, -0.2) is 9.97 Å². The van der Waals surface area contributed by atoms with Crippen LogP contribution in [0.4, 0.5) is 5.82 Å². The summed E-state index contributed by atoms with van der Waals surface area (Å²) in [6.07, 6.45) is 3.28. The van der Waals surface area contributed by atoms with Crippen LogP contribution in [0.15, 0.2) is 48.5 Å². The van der Waals surface area contributed by atoms with E-state index in [0.717, 1.165) is 28.1 Å². The quantitative estimate of drug-likeness (QED) is 0.338. The molecule has 1 amide bonds. The van der Waals surface area contributed by atoms with Gasteiger partial charge >= 0.3 is 5.97 Å². The molecular weight excluding hydrogens is 420 g/mol. The number of nitrogens with zero attached hydrogens (tertiary/aromatic N) is 4. The van der Waals surface area contributed by atoms with Crippen molar-refractivity contribution < 1.29 is 19.1 Å². The van der Waals surface area contributed by atoms with E-state index in [0.29, 0.717) is 37.7 Å². The standard InChI is InChI=1S/C25H26N4O4/c1-17-25(27-21-7-5-4-6-20(21)26-17)29-14-12-28(13-15-29)24(31)11-9-19-8-10-22(33-18(2)30)23(16-19)32-3/h4-11,16H,12-15H2,1-3H3/b11-9+. The molecule has 0 radical (unpaired) electrons. The van der Waals surface area contributed by atoms with Gasteiger partial charge in [-0.1, -0.05) is 18.2 Å². The Kier molecular flexibility index (Phi) is 6.53. The highest BCUT2D eigenvalue weighted by molar-refractivity contribution is 5.92. The van der Waals surface area contributed by atoms with Gasteiger partial charge in [0, 0.05) is 39.2 Å². The van der Waals surface area contributed by atoms with Crippen molar-refractivity contribution in [3.05, 3.63) is 59.8 Å². The molecule has 8 heteroatoms. The highest BCUT2D eigenvalue weighted by atomic mass is 16.6. The molecule has 3 aromatic rings. The van der Waals surface area contributed by atoms with Crippen LogP contribution in [0.1, 0.15) is 18.2 Å². The van der Waals surface area contributed by atoms with Crippen LogP contribution in [0, 0.1) is 6.92 Å². The Morgan fingerprint density at radius 1 is 0.970 bits per heavy atom. The Hall–Kier alpha value is -3.94. The van der Waals surface area contributed by atoms with E-state index < -0.39 is 5.97 Å². The van der Waals surface area contributed by atoms with E-state index in [1.165, 1.54) is 14.0 Å². The lowest BCUT2D eigenvalue weighted by Crippen LogP contribution is -2.48. The molecule has 1 saturated heterocycles. The summed E-state index contributed by atoms with van der Waals surface area (Å²) in [4.78, 5) is 37.4. The summed E-state index contributed by atoms with van der Waals surface area (Å²) in [5.41, 5.74) is 3.42. The fraction of sp³-hybridized carbons (Fsp3) is 0.280. The number of amides is 1. The summed E-state index contributed by atoms with van der Waals surface area (Å²) in [6.45, 7) is 5.89. The van der Waals surface area contributed by atoms with E-state index in [1.807, 2.05) is 36.1 Å². The molecule has 0 spiro atoms. The largest absolute Gasteiger partial charge is 0.493 e. The number of anilines is 1. The Morgan fingerprint density at radius 2 is 1.67 bits per heavy atom. The number of carbonyl (C=O) groups is 2. The first-order chi connectivity index (χ1) is 15.9. The molecule has 0 saturated carbocycles. The molecule has 0 aliphatic carbocycles. The Labute approximate surface area is 192 Å². The number of aryl methyl sites for hydroxylation is 1. The monoisotopic (exact) mass is 446 g/mol. The molecule has 0 bridgehead atoms. The number of hydrogen-bond donors (Lipinski definition) is 0. The molecule has 1 aliphatic rings. The number of fused-ring (bicyclic) bond motifs is 1. The van der Waals surface area contributed by atoms with Crippen molar-refractivity contribution in [3.8, 4) is 11.5 Å². The molecule has 1 fully saturated rings. The highest BCUT2D eigenvalue weighted by Crippen LogP contribution is 2.29. The number of hydrogen-bond acceptors (Lipinski definition) is 7. The fourth-order valence-electron chi connectivity index (χ4n) is 3.82. The van der Waals surface area contributed by atoms with E-state index in [-0.39, 0.29) is 5.91 Å². The molecule has 33 heavy (non-hydrogen) atoms. The number of para-hydroxylation sites is 2. The molecule has 1 aliphatic heterocycles. The van der Waals surface area contributed by atoms with Crippen molar-refractivity contribution in [1.29, 1.82) is 0 Å². The zero-order valence-electron chi connectivity index (χ0n) is 18.9. The third-order valence-corrected chi connectivity index (χ3v) is 5.47. The first-order valence-electron chi connectivity index (χ1n) is 10.8. The number of esters is 1. The smallest absolute Gasteiger partial charge is 0.308 e. The second-order valence-corrected chi connectivity index (χ2v) is 7.77. The van der Waals surface area contributed by atoms with Crippen molar-refractivity contribution in [1.82, 2.24) is 14.9 Å². The molecule has 0 atom stereocenters. The summed E-state index contributed by atoms with van der Waals surface area (Å²) < 4.78 is 10.4. The molecule has 170 valence electrons. The van der Waals surface area contributed by atoms with Gasteiger partial charge in [0.2, 0.25) is 5.91 Å². The molecule has 2 aromatic carbocycles. The van der Waals surface area contributed by atoms with Crippen molar-refractivity contribution in [2.24, 2.45) is 0 Å². The van der Waals surface area contributed by atoms with Gasteiger partial charge in [0.1, 0.15) is 0 Å². The van der Waals surface area contributed by atoms with Crippen LogP contribution in [0.5, 0.6) is 11.5 Å². The average molecular weight is 447 g/mol. The van der Waals surface area contributed by atoms with Crippen molar-refractivity contribution in [3.63, 3.8) is 0 Å². The number of rotatable bonds is 5. The van der Waals surface area contributed by atoms with E-state index in [1.54, 1.807) is 30.4 Å². The minimum Gasteiger partial charge on any atom is -0.493 e. The van der Waals surface area contributed by atoms with Crippen molar-refractivity contribution in [2.45, 2.75) is 13.8 Å². The predicted molar refractivity (Wildman–Crippen MR) is 126 cm³/mol. The third kappa shape index (κ3) is 5.11. The van der Waals surface area contributed by atoms with E-state index in [4.69, 9.17) is 14.5 Å². The first kappa shape index (κ1) is 22.3. The summed E-state index contributed by atoms with van der Waals surface area (Å²) >= 11 is 0. The molecule has 2 heterocycles. The van der Waals surface area contributed by atoms with Crippen molar-refractivity contribution in [2.75, 3.05) is 38.2 Å². The molecule has 0 unspecified atom stereocenters. The van der Waals surface area contributed by atoms with Crippen LogP contribution >= 0.6 is 0 Å². The lowest BCUT2D eigenvalue weighted by atomic mass is 10.2. The second kappa shape index (κ2) is 9.68. The maximum absolute atomic E-state index is 12.7. The number of benzene rings is 2. The minimum absolute atomic E-state index is 0.0565. The second-order valence-electron chi connectivity index (χ2n) is 7.77. The maximum atomic E-state index is 12.7. The van der Waals surface area contributed by atoms with Gasteiger partial charge in [-0.15, -0.1) is 0 Å². The Balaban J connectivity index is 1.39. The lowest BCUT2D eigenvalue weighted by Gasteiger charge is -2.35. The predicted octanol–water partition coefficient (Wildman–Crippen LogP) is 3.23. The Morgan fingerprint density at radius 3 is 2.33 bits per heavy atom. The summed E-state index contributed by atoms with van der Waals surface area (Å²) in [7, 11) is 1.50. The fourth-order valence-corrected chi connectivity index (χ4v) is 3.82. The van der Waals surface area contributed by atoms with Gasteiger partial charge in [-0.3, -0.25) is 9.59 Å². The van der Waals surface area contributed by atoms with Gasteiger partial charge in [0.25, 0.3) is 0 Å². The normalized spacial score (nSPS) is 14.0. The zero-order chi connectivity index (χ0) is 23.4. The summed E-state index contributed by atoms with van der Waals surface area (Å²) in [5, 5.41) is 0. The van der Waals surface area contributed by atoms with Crippen LogP contribution in [-0.2, 0) is 9.59 Å². The number of carbonyl (C=O) groups excluding carboxylic acids is 2. The van der Waals surface area contributed by atoms with Crippen LogP contribution < -0.4 is 14.4 Å². The van der Waals surface area contributed by atoms with Gasteiger partial charge in [-0.05, 0) is 42.8 Å². The van der Waals surface area contributed by atoms with Crippen LogP contribution in [0.25, 0.3) is 17.1 Å². The molecule has 0 N–H and O–H groups in total. The van der Waals surface area contributed by atoms with Crippen LogP contribution in [0.2, 0.25) is 0 Å². The number of piperazine rings is 1. The number of methoxy groups -OCH3 is 1. The van der Waals surface area contributed by atoms with Gasteiger partial charge in [0.05, 0.1) is 23.8 Å². The first-order valence-corrected chi connectivity index (χ1v) is 10.8. The summed E-state index contributed by atoms with van der Waals surface area (Å²) in [5.74, 6) is 1.17. The maximum Gasteiger partial charge on any atom is 0.308 e. The van der Waals surface area contributed by atoms with E-state index >= 15 is 0 Å². The van der Waals surface area contributed by atoms with E-state index in [2.05, 4.69) is 9.88 Å². The van der Waals surface area contributed by atoms with Gasteiger partial charge < -0.3 is 19.3 Å². The molecule has 1 aromatic heterocycles. The average Bonchev–Trinajstić information content (AvgIpc) is 2.82. The number of ether oxygens (including phenoxy) is 2. The Bertz CT molecular complexity index is 1220. The van der Waals surface area contributed by atoms with Gasteiger partial charge in [-0.2, -0.15) is 0 Å². The zero-order valence-corrected chi connectivity index (χ0v) is 18.9. The SMILES string of the molecule is COc1cc(/C=C/C(=O)N2CCN(c3nc4ccccc4nc3C)CC2)ccc1OC(C)=O. The third-order valence-electron chi connectivity index (χ3n) is 5.47. The van der Waals surface area contributed by atoms with Crippen LogP contribution in [-0.4, -0.2) is 60.0 Å².